The van der Waals surface area contributed by atoms with Crippen LogP contribution in [0.2, 0.25) is 0 Å². The lowest BCUT2D eigenvalue weighted by Crippen LogP contribution is -2.23. The Bertz CT molecular complexity index is 694. The number of sulfonamides is 1. The lowest BCUT2D eigenvalue weighted by molar-refractivity contribution is -0.0504. The van der Waals surface area contributed by atoms with Crippen molar-refractivity contribution in [2.75, 3.05) is 0 Å². The molecule has 0 bridgehead atoms. The fourth-order valence-electron chi connectivity index (χ4n) is 1.62. The van der Waals surface area contributed by atoms with Gasteiger partial charge in [0.2, 0.25) is 10.0 Å². The third-order valence-corrected chi connectivity index (χ3v) is 3.97. The zero-order valence-electron chi connectivity index (χ0n) is 10.7. The molecule has 21 heavy (non-hydrogen) atoms. The van der Waals surface area contributed by atoms with Crippen LogP contribution in [0.5, 0.6) is 5.75 Å². The van der Waals surface area contributed by atoms with E-state index >= 15 is 0 Å². The molecule has 0 amide bonds. The van der Waals surface area contributed by atoms with Gasteiger partial charge in [-0.25, -0.2) is 13.1 Å². The summed E-state index contributed by atoms with van der Waals surface area (Å²) in [5.41, 5.74) is 0.310. The van der Waals surface area contributed by atoms with E-state index in [-0.39, 0.29) is 17.2 Å². The Balaban J connectivity index is 2.13. The molecule has 0 unspecified atom stereocenters. The first-order valence-electron chi connectivity index (χ1n) is 5.91. The number of nitrogens with one attached hydrogen (secondary N) is 1. The molecule has 0 spiro atoms. The van der Waals surface area contributed by atoms with Crippen LogP contribution in [0.4, 0.5) is 8.78 Å². The Morgan fingerprint density at radius 3 is 2.62 bits per heavy atom. The van der Waals surface area contributed by atoms with E-state index in [0.29, 0.717) is 5.56 Å². The number of ether oxygens (including phenoxy) is 1. The Morgan fingerprint density at radius 1 is 1.19 bits per heavy atom. The average molecular weight is 314 g/mol. The van der Waals surface area contributed by atoms with Crippen molar-refractivity contribution in [3.8, 4) is 5.75 Å². The fourth-order valence-corrected chi connectivity index (χ4v) is 2.59. The van der Waals surface area contributed by atoms with E-state index in [2.05, 4.69) is 14.4 Å². The molecule has 8 heteroatoms. The van der Waals surface area contributed by atoms with E-state index in [0.717, 1.165) is 0 Å². The van der Waals surface area contributed by atoms with Gasteiger partial charge in [0, 0.05) is 24.5 Å². The molecule has 1 heterocycles. The van der Waals surface area contributed by atoms with Crippen LogP contribution in [0, 0.1) is 0 Å². The molecule has 0 radical (unpaired) electrons. The van der Waals surface area contributed by atoms with Crippen molar-refractivity contribution in [2.24, 2.45) is 0 Å². The molecule has 2 rings (SSSR count). The van der Waals surface area contributed by atoms with Gasteiger partial charge in [0.15, 0.2) is 0 Å². The standard InChI is InChI=1S/C13H12F2N2O3S/c14-13(15)20-12-6-2-1-4-10(12)8-17-21(18,19)11-5-3-7-16-9-11/h1-7,9,13,17H,8H2. The summed E-state index contributed by atoms with van der Waals surface area (Å²) in [6.45, 7) is -3.14. The number of hydrogen-bond donors (Lipinski definition) is 1. The van der Waals surface area contributed by atoms with Gasteiger partial charge in [-0.2, -0.15) is 8.78 Å². The van der Waals surface area contributed by atoms with Gasteiger partial charge in [-0.3, -0.25) is 4.98 Å². The summed E-state index contributed by atoms with van der Waals surface area (Å²) in [5, 5.41) is 0. The number of halogens is 2. The molecule has 5 nitrogen and oxygen atoms in total. The molecule has 0 atom stereocenters. The monoisotopic (exact) mass is 314 g/mol. The van der Waals surface area contributed by atoms with E-state index in [9.17, 15) is 17.2 Å². The number of aromatic nitrogens is 1. The second-order valence-corrected chi connectivity index (χ2v) is 5.77. The van der Waals surface area contributed by atoms with Crippen LogP contribution in [-0.2, 0) is 16.6 Å². The molecule has 0 aliphatic rings. The third-order valence-electron chi connectivity index (χ3n) is 2.59. The minimum absolute atomic E-state index is 0.00254. The minimum atomic E-state index is -3.76. The van der Waals surface area contributed by atoms with Crippen molar-refractivity contribution in [1.29, 1.82) is 0 Å². The highest BCUT2D eigenvalue weighted by Gasteiger charge is 2.15. The number of rotatable bonds is 6. The summed E-state index contributed by atoms with van der Waals surface area (Å²) in [4.78, 5) is 3.72. The second-order valence-electron chi connectivity index (χ2n) is 4.00. The molecule has 2 aromatic rings. The first kappa shape index (κ1) is 15.3. The van der Waals surface area contributed by atoms with Gasteiger partial charge in [0.25, 0.3) is 0 Å². The predicted octanol–water partition coefficient (Wildman–Crippen LogP) is 2.16. The first-order valence-corrected chi connectivity index (χ1v) is 7.40. The quantitative estimate of drug-likeness (QED) is 0.887. The van der Waals surface area contributed by atoms with Crippen molar-refractivity contribution in [3.63, 3.8) is 0 Å². The Labute approximate surface area is 120 Å². The van der Waals surface area contributed by atoms with Crippen LogP contribution >= 0.6 is 0 Å². The van der Waals surface area contributed by atoms with Gasteiger partial charge in [0.1, 0.15) is 10.6 Å². The van der Waals surface area contributed by atoms with Crippen molar-refractivity contribution < 1.29 is 21.9 Å². The Kier molecular flexibility index (Phi) is 4.81. The van der Waals surface area contributed by atoms with E-state index in [1.165, 1.54) is 42.7 Å². The molecular weight excluding hydrogens is 302 g/mol. The Hall–Kier alpha value is -2.06. The van der Waals surface area contributed by atoms with E-state index in [1.54, 1.807) is 6.07 Å². The summed E-state index contributed by atoms with van der Waals surface area (Å²) < 4.78 is 55.2. The lowest BCUT2D eigenvalue weighted by Gasteiger charge is -2.11. The molecule has 1 aromatic heterocycles. The van der Waals surface area contributed by atoms with Gasteiger partial charge in [-0.05, 0) is 18.2 Å². The predicted molar refractivity (Wildman–Crippen MR) is 71.3 cm³/mol. The maximum atomic E-state index is 12.3. The van der Waals surface area contributed by atoms with Crippen molar-refractivity contribution in [3.05, 3.63) is 54.4 Å². The van der Waals surface area contributed by atoms with Crippen LogP contribution < -0.4 is 9.46 Å². The maximum absolute atomic E-state index is 12.3. The highest BCUT2D eigenvalue weighted by molar-refractivity contribution is 7.89. The second kappa shape index (κ2) is 6.59. The topological polar surface area (TPSA) is 68.3 Å². The summed E-state index contributed by atoms with van der Waals surface area (Å²) in [6.07, 6.45) is 2.65. The molecule has 0 fully saturated rings. The smallest absolute Gasteiger partial charge is 0.387 e. The van der Waals surface area contributed by atoms with Crippen LogP contribution in [0.3, 0.4) is 0 Å². The molecule has 0 aliphatic heterocycles. The van der Waals surface area contributed by atoms with Crippen molar-refractivity contribution in [1.82, 2.24) is 9.71 Å². The SMILES string of the molecule is O=S(=O)(NCc1ccccc1OC(F)F)c1cccnc1. The summed E-state index contributed by atoms with van der Waals surface area (Å²) in [7, 11) is -3.76. The molecule has 0 saturated heterocycles. The van der Waals surface area contributed by atoms with Gasteiger partial charge in [-0.15, -0.1) is 0 Å². The van der Waals surface area contributed by atoms with Gasteiger partial charge >= 0.3 is 6.61 Å². The fraction of sp³-hybridized carbons (Fsp3) is 0.154. The highest BCUT2D eigenvalue weighted by atomic mass is 32.2. The maximum Gasteiger partial charge on any atom is 0.387 e. The molecule has 0 aliphatic carbocycles. The van der Waals surface area contributed by atoms with Crippen LogP contribution in [0.1, 0.15) is 5.56 Å². The lowest BCUT2D eigenvalue weighted by atomic mass is 10.2. The minimum Gasteiger partial charge on any atom is -0.434 e. The number of benzene rings is 1. The van der Waals surface area contributed by atoms with Gasteiger partial charge in [0.05, 0.1) is 0 Å². The number of pyridine rings is 1. The van der Waals surface area contributed by atoms with Crippen LogP contribution in [0.25, 0.3) is 0 Å². The normalized spacial score (nSPS) is 11.6. The Morgan fingerprint density at radius 2 is 1.95 bits per heavy atom. The van der Waals surface area contributed by atoms with Crippen LogP contribution in [0.15, 0.2) is 53.7 Å². The molecule has 1 aromatic carbocycles. The molecule has 1 N–H and O–H groups in total. The summed E-state index contributed by atoms with van der Waals surface area (Å²) >= 11 is 0. The van der Waals surface area contributed by atoms with Crippen molar-refractivity contribution >= 4 is 10.0 Å². The van der Waals surface area contributed by atoms with Crippen molar-refractivity contribution in [2.45, 2.75) is 18.1 Å². The van der Waals surface area contributed by atoms with Gasteiger partial charge < -0.3 is 4.74 Å². The summed E-state index contributed by atoms with van der Waals surface area (Å²) in [6, 6.07) is 8.85. The highest BCUT2D eigenvalue weighted by Crippen LogP contribution is 2.20. The largest absolute Gasteiger partial charge is 0.434 e. The first-order chi connectivity index (χ1) is 9.99. The zero-order valence-corrected chi connectivity index (χ0v) is 11.6. The van der Waals surface area contributed by atoms with E-state index in [4.69, 9.17) is 0 Å². The van der Waals surface area contributed by atoms with E-state index in [1.807, 2.05) is 0 Å². The summed E-state index contributed by atoms with van der Waals surface area (Å²) in [5.74, 6) is -0.0682. The number of para-hydroxylation sites is 1. The van der Waals surface area contributed by atoms with Gasteiger partial charge in [-0.1, -0.05) is 18.2 Å². The van der Waals surface area contributed by atoms with E-state index < -0.39 is 16.6 Å². The number of nitrogens with zero attached hydrogens (tertiary/aromatic N) is 1. The third kappa shape index (κ3) is 4.20. The molecule has 112 valence electrons. The zero-order chi connectivity index (χ0) is 15.3. The molecular formula is C13H12F2N2O3S. The molecule has 0 saturated carbocycles. The number of hydrogen-bond acceptors (Lipinski definition) is 4. The number of alkyl halides is 2. The average Bonchev–Trinajstić information content (AvgIpc) is 2.47. The van der Waals surface area contributed by atoms with Crippen LogP contribution in [-0.4, -0.2) is 20.0 Å².